The molecule has 1 aromatic carbocycles. The Hall–Kier alpha value is -3.81. The summed E-state index contributed by atoms with van der Waals surface area (Å²) in [5.74, 6) is -3.68. The van der Waals surface area contributed by atoms with Gasteiger partial charge in [-0.25, -0.2) is 19.0 Å². The minimum absolute atomic E-state index is 0.115. The molecular formula is C21H21F4N5O5. The SMILES string of the molecule is O=C(NC[C@H]1CN(c2cc(F)c(N3CCNN(C(=O)c4ccco4)CC3)c(F)c2)C(=O)O1)C(F)F. The summed E-state index contributed by atoms with van der Waals surface area (Å²) >= 11 is 0. The van der Waals surface area contributed by atoms with Gasteiger partial charge in [-0.1, -0.05) is 0 Å². The zero-order chi connectivity index (χ0) is 25.1. The Morgan fingerprint density at radius 3 is 2.57 bits per heavy atom. The predicted octanol–water partition coefficient (Wildman–Crippen LogP) is 1.73. The summed E-state index contributed by atoms with van der Waals surface area (Å²) in [6.07, 6.45) is -3.76. The molecule has 14 heteroatoms. The Morgan fingerprint density at radius 2 is 1.91 bits per heavy atom. The first-order valence-electron chi connectivity index (χ1n) is 10.6. The van der Waals surface area contributed by atoms with Crippen LogP contribution in [0.2, 0.25) is 0 Å². The second-order valence-electron chi connectivity index (χ2n) is 7.75. The molecule has 1 aromatic heterocycles. The molecule has 2 fully saturated rings. The fourth-order valence-corrected chi connectivity index (χ4v) is 3.80. The Balaban J connectivity index is 1.43. The van der Waals surface area contributed by atoms with Crippen LogP contribution in [0.3, 0.4) is 0 Å². The third-order valence-electron chi connectivity index (χ3n) is 5.46. The van der Waals surface area contributed by atoms with E-state index in [9.17, 15) is 23.2 Å². The van der Waals surface area contributed by atoms with E-state index in [2.05, 4.69) is 5.43 Å². The fraction of sp³-hybridized carbons (Fsp3) is 0.381. The van der Waals surface area contributed by atoms with Gasteiger partial charge in [-0.05, 0) is 12.1 Å². The molecule has 0 bridgehead atoms. The van der Waals surface area contributed by atoms with Gasteiger partial charge in [-0.3, -0.25) is 19.5 Å². The van der Waals surface area contributed by atoms with Crippen LogP contribution < -0.4 is 20.5 Å². The smallest absolute Gasteiger partial charge is 0.414 e. The highest BCUT2D eigenvalue weighted by Gasteiger charge is 2.34. The monoisotopic (exact) mass is 499 g/mol. The van der Waals surface area contributed by atoms with Gasteiger partial charge in [0.05, 0.1) is 31.6 Å². The normalized spacial score (nSPS) is 18.6. The molecule has 35 heavy (non-hydrogen) atoms. The number of ether oxygens (including phenoxy) is 1. The summed E-state index contributed by atoms with van der Waals surface area (Å²) in [5, 5.41) is 3.23. The van der Waals surface area contributed by atoms with Crippen LogP contribution >= 0.6 is 0 Å². The van der Waals surface area contributed by atoms with Crippen molar-refractivity contribution >= 4 is 29.3 Å². The maximum absolute atomic E-state index is 15.0. The number of rotatable bonds is 6. The Labute approximate surface area is 196 Å². The van der Waals surface area contributed by atoms with Crippen molar-refractivity contribution in [1.82, 2.24) is 15.8 Å². The molecule has 10 nitrogen and oxygen atoms in total. The first-order valence-corrected chi connectivity index (χ1v) is 10.6. The molecule has 2 saturated heterocycles. The summed E-state index contributed by atoms with van der Waals surface area (Å²) in [6, 6.07) is 5.00. The maximum atomic E-state index is 15.0. The molecule has 0 unspecified atom stereocenters. The number of hydrogen-bond acceptors (Lipinski definition) is 7. The molecule has 0 aliphatic carbocycles. The highest BCUT2D eigenvalue weighted by atomic mass is 19.3. The third-order valence-corrected chi connectivity index (χ3v) is 5.46. The summed E-state index contributed by atoms with van der Waals surface area (Å²) in [7, 11) is 0. The van der Waals surface area contributed by atoms with Gasteiger partial charge in [0.15, 0.2) is 17.4 Å². The topological polar surface area (TPSA) is 107 Å². The van der Waals surface area contributed by atoms with Crippen molar-refractivity contribution in [2.75, 3.05) is 49.1 Å². The van der Waals surface area contributed by atoms with E-state index in [-0.39, 0.29) is 56.4 Å². The molecule has 188 valence electrons. The Kier molecular flexibility index (Phi) is 7.10. The van der Waals surface area contributed by atoms with E-state index in [0.717, 1.165) is 17.0 Å². The number of hydrazine groups is 1. The van der Waals surface area contributed by atoms with Crippen LogP contribution in [0.5, 0.6) is 0 Å². The average molecular weight is 499 g/mol. The fourth-order valence-electron chi connectivity index (χ4n) is 3.80. The van der Waals surface area contributed by atoms with E-state index in [4.69, 9.17) is 9.15 Å². The van der Waals surface area contributed by atoms with Crippen molar-refractivity contribution in [3.05, 3.63) is 47.9 Å². The van der Waals surface area contributed by atoms with E-state index in [1.165, 1.54) is 22.2 Å². The van der Waals surface area contributed by atoms with Gasteiger partial charge in [0.2, 0.25) is 0 Å². The Morgan fingerprint density at radius 1 is 1.17 bits per heavy atom. The third kappa shape index (κ3) is 5.31. The van der Waals surface area contributed by atoms with Gasteiger partial charge in [0, 0.05) is 31.8 Å². The molecule has 0 saturated carbocycles. The molecule has 2 N–H and O–H groups in total. The van der Waals surface area contributed by atoms with E-state index >= 15 is 8.78 Å². The summed E-state index contributed by atoms with van der Waals surface area (Å²) < 4.78 is 64.7. The van der Waals surface area contributed by atoms with Crippen molar-refractivity contribution in [1.29, 1.82) is 0 Å². The number of amides is 3. The molecule has 2 aliphatic rings. The molecule has 3 heterocycles. The van der Waals surface area contributed by atoms with Gasteiger partial charge in [-0.15, -0.1) is 0 Å². The number of carbonyl (C=O) groups excluding carboxylic acids is 3. The van der Waals surface area contributed by atoms with Gasteiger partial charge in [0.1, 0.15) is 11.8 Å². The first-order chi connectivity index (χ1) is 16.7. The highest BCUT2D eigenvalue weighted by Crippen LogP contribution is 2.31. The number of halogens is 4. The molecule has 0 radical (unpaired) electrons. The molecule has 4 rings (SSSR count). The summed E-state index contributed by atoms with van der Waals surface area (Å²) in [6.45, 7) is 0.0692. The van der Waals surface area contributed by atoms with Crippen LogP contribution in [-0.4, -0.2) is 74.7 Å². The standard InChI is InChI=1S/C21H21F4N5O5/c22-14-8-12(29-11-13(35-21(29)33)10-26-19(31)18(24)25)9-15(23)17(14)28-4-3-27-30(6-5-28)20(32)16-2-1-7-34-16/h1-2,7-9,13,18,27H,3-6,10-11H2,(H,26,31)/t13-/m0/s1. The van der Waals surface area contributed by atoms with Crippen LogP contribution in [0.4, 0.5) is 33.7 Å². The lowest BCUT2D eigenvalue weighted by atomic mass is 10.2. The van der Waals surface area contributed by atoms with Gasteiger partial charge < -0.3 is 19.4 Å². The van der Waals surface area contributed by atoms with Crippen molar-refractivity contribution in [3.63, 3.8) is 0 Å². The van der Waals surface area contributed by atoms with Crippen LogP contribution in [-0.2, 0) is 9.53 Å². The van der Waals surface area contributed by atoms with Gasteiger partial charge >= 0.3 is 18.4 Å². The second kappa shape index (κ2) is 10.2. The number of carbonyl (C=O) groups is 3. The lowest BCUT2D eigenvalue weighted by Crippen LogP contribution is -2.43. The molecule has 2 aromatic rings. The summed E-state index contributed by atoms with van der Waals surface area (Å²) in [4.78, 5) is 38.0. The quantitative estimate of drug-likeness (QED) is 0.583. The zero-order valence-electron chi connectivity index (χ0n) is 18.2. The zero-order valence-corrected chi connectivity index (χ0v) is 18.2. The summed E-state index contributed by atoms with van der Waals surface area (Å²) in [5.41, 5.74) is 2.44. The number of hydrogen-bond donors (Lipinski definition) is 2. The van der Waals surface area contributed by atoms with Crippen molar-refractivity contribution in [3.8, 4) is 0 Å². The van der Waals surface area contributed by atoms with Crippen LogP contribution in [0.25, 0.3) is 0 Å². The minimum atomic E-state index is -3.22. The van der Waals surface area contributed by atoms with Crippen molar-refractivity contribution in [2.45, 2.75) is 12.5 Å². The lowest BCUT2D eigenvalue weighted by molar-refractivity contribution is -0.132. The molecule has 2 aliphatic heterocycles. The number of furan rings is 1. The van der Waals surface area contributed by atoms with Crippen LogP contribution in [0.15, 0.2) is 34.9 Å². The van der Waals surface area contributed by atoms with Gasteiger partial charge in [-0.2, -0.15) is 8.78 Å². The molecule has 3 amide bonds. The largest absolute Gasteiger partial charge is 0.459 e. The van der Waals surface area contributed by atoms with Crippen molar-refractivity contribution < 1.29 is 41.1 Å². The predicted molar refractivity (Wildman–Crippen MR) is 113 cm³/mol. The van der Waals surface area contributed by atoms with Crippen LogP contribution in [0, 0.1) is 11.6 Å². The van der Waals surface area contributed by atoms with Gasteiger partial charge in [0.25, 0.3) is 5.91 Å². The minimum Gasteiger partial charge on any atom is -0.459 e. The lowest BCUT2D eigenvalue weighted by Gasteiger charge is -2.25. The Bertz CT molecular complexity index is 1080. The second-order valence-corrected chi connectivity index (χ2v) is 7.75. The molecule has 0 spiro atoms. The van der Waals surface area contributed by atoms with Crippen molar-refractivity contribution in [2.24, 2.45) is 0 Å². The number of nitrogens with one attached hydrogen (secondary N) is 2. The number of alkyl halides is 2. The molecule has 1 atom stereocenters. The maximum Gasteiger partial charge on any atom is 0.414 e. The van der Waals surface area contributed by atoms with E-state index in [0.29, 0.717) is 0 Å². The average Bonchev–Trinajstić information content (AvgIpc) is 3.41. The van der Waals surface area contributed by atoms with E-state index < -0.39 is 42.1 Å². The highest BCUT2D eigenvalue weighted by molar-refractivity contribution is 5.91. The van der Waals surface area contributed by atoms with E-state index in [1.54, 1.807) is 6.07 Å². The molecular weight excluding hydrogens is 478 g/mol. The number of anilines is 2. The van der Waals surface area contributed by atoms with E-state index in [1.807, 2.05) is 5.32 Å². The first kappa shape index (κ1) is 24.3. The van der Waals surface area contributed by atoms with Crippen LogP contribution in [0.1, 0.15) is 10.6 Å². The number of cyclic esters (lactones) is 1. The number of benzene rings is 1. The number of nitrogens with zero attached hydrogens (tertiary/aromatic N) is 3.